The number of aromatic nitrogens is 1. The number of aryl methyl sites for hydroxylation is 1. The van der Waals surface area contributed by atoms with Gasteiger partial charge in [0.1, 0.15) is 11.9 Å². The van der Waals surface area contributed by atoms with Crippen LogP contribution in [0.15, 0.2) is 48.7 Å². The first kappa shape index (κ1) is 21.1. The molecule has 28 heavy (non-hydrogen) atoms. The van der Waals surface area contributed by atoms with E-state index >= 15 is 0 Å². The van der Waals surface area contributed by atoms with Gasteiger partial charge in [-0.25, -0.2) is 9.78 Å². The smallest absolute Gasteiger partial charge is 0.329 e. The van der Waals surface area contributed by atoms with Crippen LogP contribution >= 0.6 is 0 Å². The summed E-state index contributed by atoms with van der Waals surface area (Å²) in [5.41, 5.74) is 1.40. The number of hydrogen-bond acceptors (Lipinski definition) is 5. The second kappa shape index (κ2) is 10.2. The molecule has 0 radical (unpaired) electrons. The number of nitrogens with zero attached hydrogens (tertiary/aromatic N) is 1. The van der Waals surface area contributed by atoms with Gasteiger partial charge in [0.15, 0.2) is 6.61 Å². The van der Waals surface area contributed by atoms with Gasteiger partial charge in [-0.1, -0.05) is 32.0 Å². The predicted octanol–water partition coefficient (Wildman–Crippen LogP) is 2.72. The summed E-state index contributed by atoms with van der Waals surface area (Å²) < 4.78 is 5.11. The molecule has 7 nitrogen and oxygen atoms in total. The van der Waals surface area contributed by atoms with Crippen LogP contribution < -0.4 is 10.6 Å². The van der Waals surface area contributed by atoms with Crippen LogP contribution in [0.3, 0.4) is 0 Å². The van der Waals surface area contributed by atoms with Gasteiger partial charge in [0.2, 0.25) is 0 Å². The maximum absolute atomic E-state index is 12.4. The molecule has 0 bridgehead atoms. The highest BCUT2D eigenvalue weighted by Gasteiger charge is 2.24. The van der Waals surface area contributed by atoms with Crippen LogP contribution in [0.1, 0.15) is 36.2 Å². The van der Waals surface area contributed by atoms with Gasteiger partial charge in [-0.2, -0.15) is 0 Å². The number of hydrogen-bond donors (Lipinski definition) is 2. The van der Waals surface area contributed by atoms with Crippen LogP contribution in [0.25, 0.3) is 0 Å². The van der Waals surface area contributed by atoms with Gasteiger partial charge >= 0.3 is 5.97 Å². The molecule has 0 saturated carbocycles. The largest absolute Gasteiger partial charge is 0.454 e. The van der Waals surface area contributed by atoms with E-state index in [0.717, 1.165) is 5.56 Å². The number of amides is 2. The summed E-state index contributed by atoms with van der Waals surface area (Å²) in [4.78, 5) is 40.8. The summed E-state index contributed by atoms with van der Waals surface area (Å²) >= 11 is 0. The molecule has 0 aliphatic heterocycles. The van der Waals surface area contributed by atoms with Crippen LogP contribution in [-0.4, -0.2) is 35.4 Å². The number of carbonyl (C=O) groups excluding carboxylic acids is 3. The number of carbonyl (C=O) groups is 3. The lowest BCUT2D eigenvalue weighted by atomic mass is 10.0. The fourth-order valence-corrected chi connectivity index (χ4v) is 2.54. The highest BCUT2D eigenvalue weighted by atomic mass is 16.5. The van der Waals surface area contributed by atoms with Crippen LogP contribution in [0.5, 0.6) is 0 Å². The van der Waals surface area contributed by atoms with Crippen molar-refractivity contribution in [3.05, 3.63) is 59.8 Å². The molecule has 2 N–H and O–H groups in total. The van der Waals surface area contributed by atoms with Crippen molar-refractivity contribution in [2.75, 3.05) is 11.9 Å². The number of benzene rings is 1. The third-order valence-electron chi connectivity index (χ3n) is 3.86. The molecule has 0 unspecified atom stereocenters. The second-order valence-electron chi connectivity index (χ2n) is 6.90. The minimum atomic E-state index is -0.836. The van der Waals surface area contributed by atoms with E-state index in [1.54, 1.807) is 42.6 Å². The van der Waals surface area contributed by atoms with Crippen LogP contribution in [0.2, 0.25) is 0 Å². The van der Waals surface area contributed by atoms with Gasteiger partial charge in [0.05, 0.1) is 0 Å². The van der Waals surface area contributed by atoms with Gasteiger partial charge in [0, 0.05) is 11.8 Å². The lowest BCUT2D eigenvalue weighted by Crippen LogP contribution is -2.43. The Balaban J connectivity index is 1.92. The van der Waals surface area contributed by atoms with Crippen LogP contribution in [-0.2, 0) is 14.3 Å². The molecule has 0 saturated heterocycles. The molecule has 2 amide bonds. The third kappa shape index (κ3) is 6.83. The van der Waals surface area contributed by atoms with E-state index in [1.165, 1.54) is 0 Å². The predicted molar refractivity (Wildman–Crippen MR) is 106 cm³/mol. The number of esters is 1. The molecule has 2 rings (SSSR count). The number of pyridine rings is 1. The minimum Gasteiger partial charge on any atom is -0.454 e. The highest BCUT2D eigenvalue weighted by Crippen LogP contribution is 2.09. The van der Waals surface area contributed by atoms with Gasteiger partial charge < -0.3 is 15.4 Å². The Labute approximate surface area is 164 Å². The highest BCUT2D eigenvalue weighted by molar-refractivity contribution is 5.97. The molecule has 1 aromatic carbocycles. The van der Waals surface area contributed by atoms with E-state index < -0.39 is 24.5 Å². The van der Waals surface area contributed by atoms with Crippen molar-refractivity contribution in [3.8, 4) is 0 Å². The van der Waals surface area contributed by atoms with Crippen molar-refractivity contribution >= 4 is 23.6 Å². The fourth-order valence-electron chi connectivity index (χ4n) is 2.54. The third-order valence-corrected chi connectivity index (χ3v) is 3.86. The van der Waals surface area contributed by atoms with E-state index in [0.29, 0.717) is 17.8 Å². The Morgan fingerprint density at radius 1 is 1.11 bits per heavy atom. The zero-order chi connectivity index (χ0) is 20.5. The quantitative estimate of drug-likeness (QED) is 0.683. The van der Waals surface area contributed by atoms with Crippen LogP contribution in [0.4, 0.5) is 5.82 Å². The summed E-state index contributed by atoms with van der Waals surface area (Å²) in [6.45, 7) is 5.30. The maximum Gasteiger partial charge on any atom is 0.329 e. The summed E-state index contributed by atoms with van der Waals surface area (Å²) in [6, 6.07) is 11.3. The zero-order valence-electron chi connectivity index (χ0n) is 16.3. The molecule has 148 valence electrons. The maximum atomic E-state index is 12.4. The van der Waals surface area contributed by atoms with Crippen molar-refractivity contribution in [1.29, 1.82) is 0 Å². The molecule has 7 heteroatoms. The first-order chi connectivity index (χ1) is 13.3. The average Bonchev–Trinajstić information content (AvgIpc) is 2.66. The van der Waals surface area contributed by atoms with E-state index in [1.807, 2.05) is 26.8 Å². The van der Waals surface area contributed by atoms with E-state index in [4.69, 9.17) is 4.74 Å². The molecule has 0 aliphatic carbocycles. The van der Waals surface area contributed by atoms with Gasteiger partial charge in [-0.05, 0) is 49.1 Å². The average molecular weight is 383 g/mol. The van der Waals surface area contributed by atoms with Gasteiger partial charge in [-0.3, -0.25) is 9.59 Å². The first-order valence-electron chi connectivity index (χ1n) is 9.10. The molecule has 1 atom stereocenters. The van der Waals surface area contributed by atoms with Gasteiger partial charge in [-0.15, -0.1) is 0 Å². The molecule has 2 aromatic rings. The summed E-state index contributed by atoms with van der Waals surface area (Å²) in [7, 11) is 0. The monoisotopic (exact) mass is 383 g/mol. The van der Waals surface area contributed by atoms with Crippen molar-refractivity contribution < 1.29 is 19.1 Å². The molecule has 1 heterocycles. The Kier molecular flexibility index (Phi) is 7.68. The lowest BCUT2D eigenvalue weighted by Gasteiger charge is -2.19. The topological polar surface area (TPSA) is 97.4 Å². The molecule has 1 aromatic heterocycles. The van der Waals surface area contributed by atoms with E-state index in [9.17, 15) is 14.4 Å². The number of anilines is 1. The van der Waals surface area contributed by atoms with Crippen molar-refractivity contribution in [2.24, 2.45) is 5.92 Å². The normalized spacial score (nSPS) is 11.6. The first-order valence-corrected chi connectivity index (χ1v) is 9.10. The number of nitrogens with one attached hydrogen (secondary N) is 2. The van der Waals surface area contributed by atoms with Crippen molar-refractivity contribution in [3.63, 3.8) is 0 Å². The molecule has 0 spiro atoms. The molecular weight excluding hydrogens is 358 g/mol. The molecule has 0 fully saturated rings. The molecule has 0 aliphatic rings. The van der Waals surface area contributed by atoms with Crippen molar-refractivity contribution in [1.82, 2.24) is 10.3 Å². The second-order valence-corrected chi connectivity index (χ2v) is 6.90. The SMILES string of the molecule is Cc1ccnc(NC(=O)COC(=O)[C@@H](CC(C)C)NC(=O)c2ccccc2)c1. The van der Waals surface area contributed by atoms with Crippen LogP contribution in [0, 0.1) is 12.8 Å². The summed E-state index contributed by atoms with van der Waals surface area (Å²) in [6.07, 6.45) is 1.98. The van der Waals surface area contributed by atoms with Crippen molar-refractivity contribution in [2.45, 2.75) is 33.2 Å². The number of ether oxygens (including phenoxy) is 1. The summed E-state index contributed by atoms with van der Waals surface area (Å²) in [5, 5.41) is 5.26. The fraction of sp³-hybridized carbons (Fsp3) is 0.333. The standard InChI is InChI=1S/C21H25N3O4/c1-14(2)11-17(23-20(26)16-7-5-4-6-8-16)21(27)28-13-19(25)24-18-12-15(3)9-10-22-18/h4-10,12,14,17H,11,13H2,1-3H3,(H,23,26)(H,22,24,25)/t17-/m1/s1. The zero-order valence-corrected chi connectivity index (χ0v) is 16.3. The Bertz CT molecular complexity index is 821. The summed E-state index contributed by atoms with van der Waals surface area (Å²) in [5.74, 6) is -0.970. The Morgan fingerprint density at radius 2 is 1.82 bits per heavy atom. The lowest BCUT2D eigenvalue weighted by molar-refractivity contribution is -0.149. The van der Waals surface area contributed by atoms with E-state index in [-0.39, 0.29) is 11.8 Å². The minimum absolute atomic E-state index is 0.152. The Morgan fingerprint density at radius 3 is 2.46 bits per heavy atom. The number of rotatable bonds is 8. The molecular formula is C21H25N3O4. The van der Waals surface area contributed by atoms with Gasteiger partial charge in [0.25, 0.3) is 11.8 Å². The Hall–Kier alpha value is -3.22. The van der Waals surface area contributed by atoms with E-state index in [2.05, 4.69) is 15.6 Å².